The molecule has 1 heterocycles. The van der Waals surface area contributed by atoms with Crippen molar-refractivity contribution < 1.29 is 9.53 Å². The number of hydrogen-bond acceptors (Lipinski definition) is 4. The van der Waals surface area contributed by atoms with Crippen molar-refractivity contribution in [3.63, 3.8) is 0 Å². The van der Waals surface area contributed by atoms with Crippen LogP contribution in [0.15, 0.2) is 0 Å². The first-order valence-electron chi connectivity index (χ1n) is 7.36. The molecule has 21 heavy (non-hydrogen) atoms. The van der Waals surface area contributed by atoms with Crippen molar-refractivity contribution in [2.75, 3.05) is 46.4 Å². The predicted molar refractivity (Wildman–Crippen MR) is 91.7 cm³/mol. The maximum Gasteiger partial charge on any atom is 0.223 e. The number of halogens is 2. The zero-order valence-corrected chi connectivity index (χ0v) is 15.0. The van der Waals surface area contributed by atoms with Crippen LogP contribution >= 0.6 is 24.8 Å². The summed E-state index contributed by atoms with van der Waals surface area (Å²) in [5.41, 5.74) is 0. The zero-order chi connectivity index (χ0) is 14.1. The summed E-state index contributed by atoms with van der Waals surface area (Å²) in [6.07, 6.45) is 1.97. The number of likely N-dealkylation sites (tertiary alicyclic amines) is 1. The van der Waals surface area contributed by atoms with Gasteiger partial charge in [-0.05, 0) is 39.8 Å². The fraction of sp³-hybridized carbons (Fsp3) is 0.929. The Hall–Kier alpha value is -0.0700. The maximum absolute atomic E-state index is 12.0. The minimum Gasteiger partial charge on any atom is -0.383 e. The number of hydrogen-bond donors (Lipinski definition) is 2. The van der Waals surface area contributed by atoms with Crippen LogP contribution in [0.25, 0.3) is 0 Å². The summed E-state index contributed by atoms with van der Waals surface area (Å²) in [7, 11) is 1.69. The van der Waals surface area contributed by atoms with Gasteiger partial charge in [0.2, 0.25) is 5.91 Å². The smallest absolute Gasteiger partial charge is 0.223 e. The number of piperidine rings is 1. The largest absolute Gasteiger partial charge is 0.383 e. The number of carbonyl (C=O) groups excluding carboxylic acids is 1. The van der Waals surface area contributed by atoms with E-state index in [9.17, 15) is 4.79 Å². The molecule has 1 aliphatic heterocycles. The van der Waals surface area contributed by atoms with Crippen molar-refractivity contribution in [3.8, 4) is 0 Å². The molecule has 1 fully saturated rings. The van der Waals surface area contributed by atoms with Crippen molar-refractivity contribution in [1.29, 1.82) is 0 Å². The van der Waals surface area contributed by atoms with E-state index in [1.807, 2.05) is 0 Å². The number of rotatable bonds is 8. The Morgan fingerprint density at radius 1 is 1.19 bits per heavy atom. The van der Waals surface area contributed by atoms with Gasteiger partial charge in [0, 0.05) is 38.7 Å². The monoisotopic (exact) mass is 343 g/mol. The van der Waals surface area contributed by atoms with E-state index < -0.39 is 0 Å². The third kappa shape index (κ3) is 9.53. The van der Waals surface area contributed by atoms with E-state index in [1.165, 1.54) is 0 Å². The Morgan fingerprint density at radius 2 is 1.81 bits per heavy atom. The molecule has 5 nitrogen and oxygen atoms in total. The summed E-state index contributed by atoms with van der Waals surface area (Å²) in [5.74, 6) is 0.422. The first kappa shape index (κ1) is 23.2. The van der Waals surface area contributed by atoms with Gasteiger partial charge in [-0.2, -0.15) is 0 Å². The second-order valence-electron chi connectivity index (χ2n) is 5.44. The third-order valence-electron chi connectivity index (χ3n) is 3.71. The van der Waals surface area contributed by atoms with Crippen LogP contribution in [0.5, 0.6) is 0 Å². The quantitative estimate of drug-likeness (QED) is 0.652. The molecular formula is C14H31Cl2N3O2. The first-order valence-corrected chi connectivity index (χ1v) is 7.36. The van der Waals surface area contributed by atoms with E-state index in [0.717, 1.165) is 39.0 Å². The molecule has 128 valence electrons. The fourth-order valence-electron chi connectivity index (χ4n) is 2.40. The Balaban J connectivity index is 0. The van der Waals surface area contributed by atoms with Gasteiger partial charge in [0.25, 0.3) is 0 Å². The van der Waals surface area contributed by atoms with Gasteiger partial charge in [0.1, 0.15) is 0 Å². The van der Waals surface area contributed by atoms with E-state index in [2.05, 4.69) is 29.4 Å². The molecule has 0 aliphatic carbocycles. The molecule has 1 amide bonds. The van der Waals surface area contributed by atoms with Crippen LogP contribution in [0, 0.1) is 5.92 Å². The van der Waals surface area contributed by atoms with Gasteiger partial charge >= 0.3 is 0 Å². The lowest BCUT2D eigenvalue weighted by Crippen LogP contribution is -2.44. The highest BCUT2D eigenvalue weighted by atomic mass is 35.5. The maximum atomic E-state index is 12.0. The standard InChI is InChI=1S/C14H29N3O2.2ClH/c1-12(2)17-9-4-13(5-10-17)14(18)16-7-6-15-8-11-19-3;;/h12-13,15H,4-11H2,1-3H3,(H,16,18);2*1H. The topological polar surface area (TPSA) is 53.6 Å². The predicted octanol–water partition coefficient (Wildman–Crippen LogP) is 1.30. The molecule has 0 spiro atoms. The number of nitrogens with one attached hydrogen (secondary N) is 2. The lowest BCUT2D eigenvalue weighted by atomic mass is 9.95. The molecule has 0 aromatic rings. The Kier molecular flexibility index (Phi) is 15.0. The minimum absolute atomic E-state index is 0. The molecule has 0 saturated carbocycles. The van der Waals surface area contributed by atoms with E-state index >= 15 is 0 Å². The Morgan fingerprint density at radius 3 is 2.33 bits per heavy atom. The van der Waals surface area contributed by atoms with Gasteiger partial charge in [-0.25, -0.2) is 0 Å². The van der Waals surface area contributed by atoms with Gasteiger partial charge in [0.15, 0.2) is 0 Å². The Bertz CT molecular complexity index is 261. The number of amides is 1. The van der Waals surface area contributed by atoms with E-state index in [4.69, 9.17) is 4.74 Å². The molecule has 0 bridgehead atoms. The molecule has 1 saturated heterocycles. The second-order valence-corrected chi connectivity index (χ2v) is 5.44. The van der Waals surface area contributed by atoms with Crippen molar-refractivity contribution in [2.24, 2.45) is 5.92 Å². The summed E-state index contributed by atoms with van der Waals surface area (Å²) in [6.45, 7) is 9.56. The molecule has 1 rings (SSSR count). The van der Waals surface area contributed by atoms with E-state index in [1.54, 1.807) is 7.11 Å². The molecule has 7 heteroatoms. The average molecular weight is 344 g/mol. The lowest BCUT2D eigenvalue weighted by Gasteiger charge is -2.33. The van der Waals surface area contributed by atoms with E-state index in [0.29, 0.717) is 19.2 Å². The van der Waals surface area contributed by atoms with Crippen LogP contribution in [0.1, 0.15) is 26.7 Å². The van der Waals surface area contributed by atoms with Crippen molar-refractivity contribution in [3.05, 3.63) is 0 Å². The summed E-state index contributed by atoms with van der Waals surface area (Å²) in [5, 5.41) is 6.23. The van der Waals surface area contributed by atoms with Crippen molar-refractivity contribution in [2.45, 2.75) is 32.7 Å². The summed E-state index contributed by atoms with van der Waals surface area (Å²) >= 11 is 0. The normalized spacial score (nSPS) is 16.2. The van der Waals surface area contributed by atoms with E-state index in [-0.39, 0.29) is 36.6 Å². The minimum atomic E-state index is 0. The molecule has 1 aliphatic rings. The number of methoxy groups -OCH3 is 1. The van der Waals surface area contributed by atoms with Crippen LogP contribution in [-0.4, -0.2) is 63.3 Å². The molecule has 0 unspecified atom stereocenters. The van der Waals surface area contributed by atoms with Crippen molar-refractivity contribution in [1.82, 2.24) is 15.5 Å². The number of ether oxygens (including phenoxy) is 1. The van der Waals surface area contributed by atoms with Crippen LogP contribution in [0.4, 0.5) is 0 Å². The first-order chi connectivity index (χ1) is 9.15. The van der Waals surface area contributed by atoms with Crippen LogP contribution in [-0.2, 0) is 9.53 Å². The molecule has 0 aromatic heterocycles. The van der Waals surface area contributed by atoms with Gasteiger partial charge in [0.05, 0.1) is 6.61 Å². The SMILES string of the molecule is COCCNCCNC(=O)C1CCN(C(C)C)CC1.Cl.Cl. The molecule has 2 N–H and O–H groups in total. The van der Waals surface area contributed by atoms with Crippen LogP contribution in [0.3, 0.4) is 0 Å². The zero-order valence-electron chi connectivity index (χ0n) is 13.4. The summed E-state index contributed by atoms with van der Waals surface area (Å²) < 4.78 is 4.94. The molecular weight excluding hydrogens is 313 g/mol. The molecule has 0 aromatic carbocycles. The number of carbonyl (C=O) groups is 1. The van der Waals surface area contributed by atoms with Crippen LogP contribution in [0.2, 0.25) is 0 Å². The molecule has 0 radical (unpaired) electrons. The van der Waals surface area contributed by atoms with Gasteiger partial charge < -0.3 is 20.3 Å². The number of nitrogens with zero attached hydrogens (tertiary/aromatic N) is 1. The fourth-order valence-corrected chi connectivity index (χ4v) is 2.40. The average Bonchev–Trinajstić information content (AvgIpc) is 2.42. The molecule has 0 atom stereocenters. The highest BCUT2D eigenvalue weighted by molar-refractivity contribution is 5.85. The van der Waals surface area contributed by atoms with Gasteiger partial charge in [-0.1, -0.05) is 0 Å². The summed E-state index contributed by atoms with van der Waals surface area (Å²) in [4.78, 5) is 14.4. The Labute approximate surface area is 141 Å². The lowest BCUT2D eigenvalue weighted by molar-refractivity contribution is -0.126. The third-order valence-corrected chi connectivity index (χ3v) is 3.71. The van der Waals surface area contributed by atoms with Gasteiger partial charge in [-0.15, -0.1) is 24.8 Å². The van der Waals surface area contributed by atoms with Crippen molar-refractivity contribution >= 4 is 30.7 Å². The van der Waals surface area contributed by atoms with Gasteiger partial charge in [-0.3, -0.25) is 4.79 Å². The highest BCUT2D eigenvalue weighted by Crippen LogP contribution is 2.18. The van der Waals surface area contributed by atoms with Crippen LogP contribution < -0.4 is 10.6 Å². The second kappa shape index (κ2) is 13.6. The highest BCUT2D eigenvalue weighted by Gasteiger charge is 2.25. The summed E-state index contributed by atoms with van der Waals surface area (Å²) in [6, 6.07) is 0.592.